The average molecular weight is 621 g/mol. The average Bonchev–Trinajstić information content (AvgIpc) is 3.40. The topological polar surface area (TPSA) is 132 Å². The molecule has 0 saturated carbocycles. The molecule has 1 amide bonds. The van der Waals surface area contributed by atoms with Gasteiger partial charge in [0.25, 0.3) is 0 Å². The Labute approximate surface area is 254 Å². The van der Waals surface area contributed by atoms with E-state index in [2.05, 4.69) is 32.4 Å². The maximum absolute atomic E-state index is 11.9. The minimum atomic E-state index is -0.278. The zero-order valence-electron chi connectivity index (χ0n) is 24.0. The number of anilines is 2. The number of halogens is 2. The van der Waals surface area contributed by atoms with E-state index >= 15 is 0 Å². The summed E-state index contributed by atoms with van der Waals surface area (Å²) in [6.07, 6.45) is 2.91. The van der Waals surface area contributed by atoms with Crippen LogP contribution in [0, 0.1) is 0 Å². The number of amides is 1. The van der Waals surface area contributed by atoms with Crippen molar-refractivity contribution in [2.45, 2.75) is 12.1 Å². The highest BCUT2D eigenvalue weighted by Crippen LogP contribution is 2.46. The number of likely N-dealkylation sites (N-methyl/N-ethyl adjacent to an activating group) is 1. The van der Waals surface area contributed by atoms with Gasteiger partial charge >= 0.3 is 0 Å². The van der Waals surface area contributed by atoms with E-state index in [1.54, 1.807) is 18.3 Å². The summed E-state index contributed by atoms with van der Waals surface area (Å²) in [6.45, 7) is 6.59. The van der Waals surface area contributed by atoms with Crippen LogP contribution in [0.1, 0.15) is 0 Å². The van der Waals surface area contributed by atoms with Crippen LogP contribution in [0.25, 0.3) is 22.2 Å². The minimum absolute atomic E-state index is 0.234. The molecule has 1 aliphatic heterocycles. The molecular formula is C28H35Cl2N7O5. The molecule has 12 nitrogen and oxygen atoms in total. The van der Waals surface area contributed by atoms with E-state index in [9.17, 15) is 4.79 Å². The fourth-order valence-corrected chi connectivity index (χ4v) is 5.00. The fourth-order valence-electron chi connectivity index (χ4n) is 4.31. The van der Waals surface area contributed by atoms with Gasteiger partial charge in [-0.1, -0.05) is 29.8 Å². The highest BCUT2D eigenvalue weighted by atomic mass is 35.5. The molecule has 0 spiro atoms. The number of nitrogens with zero attached hydrogens (tertiary/aromatic N) is 4. The van der Waals surface area contributed by atoms with E-state index in [0.29, 0.717) is 88.4 Å². The fraction of sp³-hybridized carbons (Fsp3) is 0.429. The predicted molar refractivity (Wildman–Crippen MR) is 164 cm³/mol. The van der Waals surface area contributed by atoms with Crippen LogP contribution in [-0.4, -0.2) is 106 Å². The highest BCUT2D eigenvalue weighted by molar-refractivity contribution is 6.41. The van der Waals surface area contributed by atoms with Crippen LogP contribution < -0.4 is 25.4 Å². The third kappa shape index (κ3) is 7.50. The molecule has 226 valence electrons. The van der Waals surface area contributed by atoms with Crippen LogP contribution in [0.15, 0.2) is 31.0 Å². The quantitative estimate of drug-likeness (QED) is 0.181. The molecular weight excluding hydrogens is 585 g/mol. The number of carbonyl (C=O) groups excluding carboxylic acids is 1. The predicted octanol–water partition coefficient (Wildman–Crippen LogP) is 3.49. The number of hydrogen-bond acceptors (Lipinski definition) is 11. The number of fused-ring (bicyclic) bond motifs is 1. The van der Waals surface area contributed by atoms with Gasteiger partial charge in [-0.2, -0.15) is 0 Å². The van der Waals surface area contributed by atoms with Crippen molar-refractivity contribution >= 4 is 51.8 Å². The first kappa shape index (κ1) is 31.5. The van der Waals surface area contributed by atoms with E-state index in [4.69, 9.17) is 52.1 Å². The third-order valence-corrected chi connectivity index (χ3v) is 7.28. The Balaban J connectivity index is 1.69. The largest absolute Gasteiger partial charge is 0.495 e. The van der Waals surface area contributed by atoms with Crippen LogP contribution in [0.4, 0.5) is 11.8 Å². The normalized spacial score (nSPS) is 16.5. The Kier molecular flexibility index (Phi) is 11.0. The van der Waals surface area contributed by atoms with Gasteiger partial charge in [0.1, 0.15) is 17.0 Å². The molecule has 0 radical (unpaired) electrons. The molecule has 14 heteroatoms. The van der Waals surface area contributed by atoms with Gasteiger partial charge in [-0.3, -0.25) is 4.79 Å². The molecule has 1 fully saturated rings. The van der Waals surface area contributed by atoms with E-state index in [1.807, 2.05) is 14.1 Å². The zero-order valence-corrected chi connectivity index (χ0v) is 25.5. The Morgan fingerprint density at radius 1 is 1.12 bits per heavy atom. The standard InChI is InChI=1S/C28H35Cl2N7O5/c1-6-22(38)33-18-14-42-15-19(18)35-28-32-13-16-11-17(23-24(29)20(39-4)12-21(40-5)25(23)30)34-27(26(16)36-28)31-7-9-41-10-8-37(2)3/h6,11-13,18-19H,1,7-10,14-15H2,2-5H3,(H,31,34)(H,33,38)(H,32,35,36)/t18-,19+/m0/s1. The summed E-state index contributed by atoms with van der Waals surface area (Å²) in [7, 11) is 7.01. The maximum atomic E-state index is 11.9. The van der Waals surface area contributed by atoms with Gasteiger partial charge < -0.3 is 39.8 Å². The number of rotatable bonds is 14. The summed E-state index contributed by atoms with van der Waals surface area (Å²) in [5.41, 5.74) is 1.50. The lowest BCUT2D eigenvalue weighted by Crippen LogP contribution is -2.45. The second-order valence-electron chi connectivity index (χ2n) is 9.72. The Morgan fingerprint density at radius 2 is 1.83 bits per heavy atom. The second-order valence-corrected chi connectivity index (χ2v) is 10.5. The highest BCUT2D eigenvalue weighted by Gasteiger charge is 2.30. The van der Waals surface area contributed by atoms with Gasteiger partial charge in [0.05, 0.1) is 68.5 Å². The molecule has 3 heterocycles. The molecule has 2 aromatic heterocycles. The number of pyridine rings is 1. The molecule has 42 heavy (non-hydrogen) atoms. The van der Waals surface area contributed by atoms with Gasteiger partial charge in [0, 0.05) is 36.3 Å². The first-order chi connectivity index (χ1) is 20.2. The summed E-state index contributed by atoms with van der Waals surface area (Å²) >= 11 is 13.4. The molecule has 1 aromatic carbocycles. The summed E-state index contributed by atoms with van der Waals surface area (Å²) in [4.78, 5) is 28.0. The smallest absolute Gasteiger partial charge is 0.243 e. The van der Waals surface area contributed by atoms with Crippen molar-refractivity contribution in [1.29, 1.82) is 0 Å². The molecule has 0 aliphatic carbocycles. The maximum Gasteiger partial charge on any atom is 0.243 e. The number of benzene rings is 1. The molecule has 1 aliphatic rings. The zero-order chi connectivity index (χ0) is 30.2. The van der Waals surface area contributed by atoms with Crippen molar-refractivity contribution in [3.05, 3.63) is 41.0 Å². The second kappa shape index (κ2) is 14.7. The molecule has 2 atom stereocenters. The SMILES string of the molecule is C=CC(=O)N[C@H]1COC[C@H]1Nc1ncc2cc(-c3c(Cl)c(OC)cc(OC)c3Cl)nc(NCCOCCN(C)C)c2n1. The van der Waals surface area contributed by atoms with E-state index in [0.717, 1.165) is 6.54 Å². The van der Waals surface area contributed by atoms with Crippen LogP contribution in [0.2, 0.25) is 10.0 Å². The molecule has 3 aromatic rings. The van der Waals surface area contributed by atoms with Gasteiger partial charge in [-0.25, -0.2) is 15.0 Å². The van der Waals surface area contributed by atoms with E-state index < -0.39 is 0 Å². The monoisotopic (exact) mass is 619 g/mol. The van der Waals surface area contributed by atoms with Crippen molar-refractivity contribution in [2.24, 2.45) is 0 Å². The van der Waals surface area contributed by atoms with Gasteiger partial charge in [-0.15, -0.1) is 0 Å². The van der Waals surface area contributed by atoms with E-state index in [1.165, 1.54) is 20.3 Å². The molecule has 0 bridgehead atoms. The van der Waals surface area contributed by atoms with Gasteiger partial charge in [-0.05, 0) is 26.2 Å². The van der Waals surface area contributed by atoms with Crippen LogP contribution >= 0.6 is 23.2 Å². The lowest BCUT2D eigenvalue weighted by atomic mass is 10.1. The number of carbonyl (C=O) groups is 1. The first-order valence-electron chi connectivity index (χ1n) is 13.3. The van der Waals surface area contributed by atoms with Crippen LogP contribution in [0.3, 0.4) is 0 Å². The lowest BCUT2D eigenvalue weighted by Gasteiger charge is -2.20. The van der Waals surface area contributed by atoms with Gasteiger partial charge in [0.15, 0.2) is 5.82 Å². The van der Waals surface area contributed by atoms with Gasteiger partial charge in [0.2, 0.25) is 11.9 Å². The third-order valence-electron chi connectivity index (χ3n) is 6.53. The number of ether oxygens (including phenoxy) is 4. The van der Waals surface area contributed by atoms with Crippen molar-refractivity contribution in [3.8, 4) is 22.8 Å². The summed E-state index contributed by atoms with van der Waals surface area (Å²) < 4.78 is 22.2. The summed E-state index contributed by atoms with van der Waals surface area (Å²) in [6, 6.07) is 2.93. The molecule has 1 saturated heterocycles. The molecule has 4 rings (SSSR count). The van der Waals surface area contributed by atoms with E-state index in [-0.39, 0.29) is 18.0 Å². The van der Waals surface area contributed by atoms with Crippen molar-refractivity contribution in [3.63, 3.8) is 0 Å². The summed E-state index contributed by atoms with van der Waals surface area (Å²) in [5, 5.41) is 10.8. The number of nitrogens with one attached hydrogen (secondary N) is 3. The first-order valence-corrected chi connectivity index (χ1v) is 14.0. The van der Waals surface area contributed by atoms with Crippen molar-refractivity contribution in [2.75, 3.05) is 78.5 Å². The van der Waals surface area contributed by atoms with Crippen molar-refractivity contribution < 1.29 is 23.7 Å². The van der Waals surface area contributed by atoms with Crippen LogP contribution in [0.5, 0.6) is 11.5 Å². The van der Waals surface area contributed by atoms with Crippen LogP contribution in [-0.2, 0) is 14.3 Å². The molecule has 0 unspecified atom stereocenters. The lowest BCUT2D eigenvalue weighted by molar-refractivity contribution is -0.117. The Morgan fingerprint density at radius 3 is 2.50 bits per heavy atom. The number of methoxy groups -OCH3 is 2. The minimum Gasteiger partial charge on any atom is -0.495 e. The Bertz CT molecular complexity index is 1400. The molecule has 3 N–H and O–H groups in total. The van der Waals surface area contributed by atoms with Crippen molar-refractivity contribution in [1.82, 2.24) is 25.2 Å². The Hall–Kier alpha value is -3.42. The number of aromatic nitrogens is 3. The summed E-state index contributed by atoms with van der Waals surface area (Å²) in [5.74, 6) is 1.35. The number of hydrogen-bond donors (Lipinski definition) is 3.